The number of carbonyl (C=O) groups is 1. The molecule has 0 bridgehead atoms. The van der Waals surface area contributed by atoms with Crippen LogP contribution < -0.4 is 15.4 Å². The Morgan fingerprint density at radius 1 is 1.36 bits per heavy atom. The van der Waals surface area contributed by atoms with Gasteiger partial charge in [-0.25, -0.2) is 4.79 Å². The summed E-state index contributed by atoms with van der Waals surface area (Å²) in [6.07, 6.45) is 0. The summed E-state index contributed by atoms with van der Waals surface area (Å²) in [6.45, 7) is 12.0. The Bertz CT molecular complexity index is 635. The van der Waals surface area contributed by atoms with Crippen LogP contribution in [0.25, 0.3) is 0 Å². The number of fused-ring (bicyclic) bond motifs is 1. The lowest BCUT2D eigenvalue weighted by Gasteiger charge is -2.37. The van der Waals surface area contributed by atoms with E-state index in [1.54, 1.807) is 0 Å². The molecule has 1 saturated heterocycles. The third-order valence-corrected chi connectivity index (χ3v) is 5.33. The minimum absolute atomic E-state index is 0.0908. The Morgan fingerprint density at radius 3 is 2.92 bits per heavy atom. The van der Waals surface area contributed by atoms with Gasteiger partial charge in [0.25, 0.3) is 0 Å². The Hall–Kier alpha value is -1.79. The van der Waals surface area contributed by atoms with E-state index < -0.39 is 0 Å². The largest absolute Gasteiger partial charge is 0.490 e. The summed E-state index contributed by atoms with van der Waals surface area (Å²) in [6, 6.07) is 4.56. The first-order valence-corrected chi connectivity index (χ1v) is 9.08. The summed E-state index contributed by atoms with van der Waals surface area (Å²) in [7, 11) is 0. The van der Waals surface area contributed by atoms with E-state index in [1.807, 2.05) is 6.07 Å². The number of hydrogen-bond donors (Lipinski definition) is 2. The lowest BCUT2D eigenvalue weighted by molar-refractivity contribution is -0.0176. The van der Waals surface area contributed by atoms with E-state index in [1.165, 1.54) is 5.56 Å². The molecule has 2 amide bonds. The van der Waals surface area contributed by atoms with Gasteiger partial charge in [0.15, 0.2) is 0 Å². The number of hydrogen-bond acceptors (Lipinski definition) is 4. The van der Waals surface area contributed by atoms with Crippen molar-refractivity contribution in [3.8, 4) is 5.75 Å². The van der Waals surface area contributed by atoms with Crippen LogP contribution in [0.5, 0.6) is 5.75 Å². The fourth-order valence-corrected chi connectivity index (χ4v) is 3.61. The molecule has 2 aliphatic heterocycles. The highest BCUT2D eigenvalue weighted by Crippen LogP contribution is 2.36. The Kier molecular flexibility index (Phi) is 5.49. The molecule has 3 atom stereocenters. The fourth-order valence-electron chi connectivity index (χ4n) is 3.61. The molecule has 1 aromatic rings. The second kappa shape index (κ2) is 7.62. The van der Waals surface area contributed by atoms with E-state index in [2.05, 4.69) is 49.3 Å². The van der Waals surface area contributed by atoms with E-state index in [0.29, 0.717) is 19.2 Å². The van der Waals surface area contributed by atoms with Crippen LogP contribution in [0, 0.1) is 13.8 Å². The summed E-state index contributed by atoms with van der Waals surface area (Å²) >= 11 is 0. The summed E-state index contributed by atoms with van der Waals surface area (Å²) in [5.41, 5.74) is 3.42. The molecule has 2 heterocycles. The van der Waals surface area contributed by atoms with Crippen molar-refractivity contribution in [3.05, 3.63) is 28.8 Å². The van der Waals surface area contributed by atoms with Crippen molar-refractivity contribution in [2.75, 3.05) is 32.9 Å². The second-order valence-electron chi connectivity index (χ2n) is 7.15. The average molecular weight is 347 g/mol. The van der Waals surface area contributed by atoms with Crippen LogP contribution in [0.2, 0.25) is 0 Å². The van der Waals surface area contributed by atoms with Crippen LogP contribution in [0.3, 0.4) is 0 Å². The van der Waals surface area contributed by atoms with Gasteiger partial charge in [0.05, 0.1) is 19.3 Å². The maximum absolute atomic E-state index is 12.3. The molecule has 0 unspecified atom stereocenters. The molecule has 6 heteroatoms. The highest BCUT2D eigenvalue weighted by atomic mass is 16.5. The van der Waals surface area contributed by atoms with Crippen molar-refractivity contribution in [1.29, 1.82) is 0 Å². The number of nitrogens with one attached hydrogen (secondary N) is 2. The number of urea groups is 1. The molecular weight excluding hydrogens is 318 g/mol. The van der Waals surface area contributed by atoms with Gasteiger partial charge in [0.2, 0.25) is 0 Å². The number of amides is 2. The molecule has 0 saturated carbocycles. The van der Waals surface area contributed by atoms with Gasteiger partial charge in [-0.3, -0.25) is 4.90 Å². The van der Waals surface area contributed by atoms with Crippen LogP contribution in [0.4, 0.5) is 4.79 Å². The Balaban J connectivity index is 1.52. The van der Waals surface area contributed by atoms with E-state index in [-0.39, 0.29) is 18.1 Å². The Morgan fingerprint density at radius 2 is 2.16 bits per heavy atom. The zero-order valence-electron chi connectivity index (χ0n) is 15.6. The van der Waals surface area contributed by atoms with Gasteiger partial charge in [0, 0.05) is 30.7 Å². The van der Waals surface area contributed by atoms with Crippen LogP contribution >= 0.6 is 0 Å². The predicted octanol–water partition coefficient (Wildman–Crippen LogP) is 2.15. The van der Waals surface area contributed by atoms with Crippen molar-refractivity contribution >= 4 is 6.03 Å². The van der Waals surface area contributed by atoms with Gasteiger partial charge in [-0.2, -0.15) is 0 Å². The third kappa shape index (κ3) is 3.90. The number of nitrogens with zero attached hydrogens (tertiary/aromatic N) is 1. The van der Waals surface area contributed by atoms with Gasteiger partial charge >= 0.3 is 6.03 Å². The molecular formula is C19H29N3O3. The van der Waals surface area contributed by atoms with E-state index >= 15 is 0 Å². The van der Waals surface area contributed by atoms with E-state index in [9.17, 15) is 4.79 Å². The first-order chi connectivity index (χ1) is 12.0. The monoisotopic (exact) mass is 347 g/mol. The second-order valence-corrected chi connectivity index (χ2v) is 7.15. The number of rotatable bonds is 4. The smallest absolute Gasteiger partial charge is 0.315 e. The lowest BCUT2D eigenvalue weighted by atomic mass is 10.0. The summed E-state index contributed by atoms with van der Waals surface area (Å²) in [4.78, 5) is 14.7. The highest BCUT2D eigenvalue weighted by molar-refractivity contribution is 5.75. The predicted molar refractivity (Wildman–Crippen MR) is 97.1 cm³/mol. The minimum atomic E-state index is -0.146. The molecule has 3 rings (SSSR count). The van der Waals surface area contributed by atoms with E-state index in [4.69, 9.17) is 9.47 Å². The molecule has 2 aliphatic rings. The molecule has 0 aromatic heterocycles. The fraction of sp³-hybridized carbons (Fsp3) is 0.632. The van der Waals surface area contributed by atoms with Crippen molar-refractivity contribution in [3.63, 3.8) is 0 Å². The number of ether oxygens (including phenoxy) is 2. The molecule has 6 nitrogen and oxygen atoms in total. The minimum Gasteiger partial charge on any atom is -0.490 e. The molecule has 25 heavy (non-hydrogen) atoms. The molecule has 0 spiro atoms. The maximum atomic E-state index is 12.3. The lowest BCUT2D eigenvalue weighted by Crippen LogP contribution is -2.53. The summed E-state index contributed by atoms with van der Waals surface area (Å²) < 4.78 is 11.3. The van der Waals surface area contributed by atoms with Gasteiger partial charge < -0.3 is 20.1 Å². The van der Waals surface area contributed by atoms with Crippen LogP contribution in [-0.2, 0) is 4.74 Å². The van der Waals surface area contributed by atoms with Gasteiger partial charge in [-0.05, 0) is 38.8 Å². The first kappa shape index (κ1) is 18.0. The van der Waals surface area contributed by atoms with Crippen molar-refractivity contribution in [1.82, 2.24) is 15.5 Å². The zero-order valence-corrected chi connectivity index (χ0v) is 15.6. The molecule has 1 aromatic carbocycles. The SMILES string of the molecule is Cc1ccc2c(c1C)OC[C@@H]2NC(=O)NC[C@@H](C)N1CCOC[C@H]1C. The van der Waals surface area contributed by atoms with Gasteiger partial charge in [-0.15, -0.1) is 0 Å². The van der Waals surface area contributed by atoms with Gasteiger partial charge in [0.1, 0.15) is 12.4 Å². The van der Waals surface area contributed by atoms with Crippen LogP contribution in [0.15, 0.2) is 12.1 Å². The summed E-state index contributed by atoms with van der Waals surface area (Å²) in [5.74, 6) is 0.917. The third-order valence-electron chi connectivity index (χ3n) is 5.33. The van der Waals surface area contributed by atoms with Crippen molar-refractivity contribution in [2.45, 2.75) is 45.8 Å². The topological polar surface area (TPSA) is 62.8 Å². The number of carbonyl (C=O) groups excluding carboxylic acids is 1. The first-order valence-electron chi connectivity index (χ1n) is 9.08. The number of aryl methyl sites for hydroxylation is 1. The zero-order chi connectivity index (χ0) is 18.0. The van der Waals surface area contributed by atoms with Crippen LogP contribution in [-0.4, -0.2) is 55.9 Å². The number of morpholine rings is 1. The molecule has 1 fully saturated rings. The molecule has 0 radical (unpaired) electrons. The highest BCUT2D eigenvalue weighted by Gasteiger charge is 2.28. The van der Waals surface area contributed by atoms with Crippen molar-refractivity contribution in [2.24, 2.45) is 0 Å². The van der Waals surface area contributed by atoms with Crippen LogP contribution in [0.1, 0.15) is 36.6 Å². The Labute approximate surface area is 149 Å². The summed E-state index contributed by atoms with van der Waals surface area (Å²) in [5, 5.41) is 6.03. The standard InChI is InChI=1S/C19H29N3O3/c1-12-5-6-16-17(11-25-18(16)15(12)4)21-19(23)20-9-13(2)22-7-8-24-10-14(22)3/h5-6,13-14,17H,7-11H2,1-4H3,(H2,20,21,23)/t13-,14-,17+/m1/s1. The van der Waals surface area contributed by atoms with E-state index in [0.717, 1.165) is 36.6 Å². The maximum Gasteiger partial charge on any atom is 0.315 e. The molecule has 138 valence electrons. The molecule has 2 N–H and O–H groups in total. The normalized spacial score (nSPS) is 24.3. The number of benzene rings is 1. The average Bonchev–Trinajstić information content (AvgIpc) is 3.00. The van der Waals surface area contributed by atoms with Crippen molar-refractivity contribution < 1.29 is 14.3 Å². The van der Waals surface area contributed by atoms with Gasteiger partial charge in [-0.1, -0.05) is 12.1 Å². The quantitative estimate of drug-likeness (QED) is 0.876. The molecule has 0 aliphatic carbocycles.